The van der Waals surface area contributed by atoms with E-state index in [9.17, 15) is 0 Å². The Hall–Kier alpha value is -0.660. The summed E-state index contributed by atoms with van der Waals surface area (Å²) < 4.78 is 5.24. The second-order valence-corrected chi connectivity index (χ2v) is 7.11. The first-order valence-corrected chi connectivity index (χ1v) is 7.20. The van der Waals surface area contributed by atoms with Crippen LogP contribution in [0.2, 0.25) is 0 Å². The van der Waals surface area contributed by atoms with E-state index < -0.39 is 0 Å². The van der Waals surface area contributed by atoms with Crippen molar-refractivity contribution in [1.29, 1.82) is 0 Å². The van der Waals surface area contributed by atoms with Crippen LogP contribution in [-0.4, -0.2) is 21.9 Å². The van der Waals surface area contributed by atoms with Crippen molar-refractivity contribution in [2.24, 2.45) is 0 Å². The molecule has 4 nitrogen and oxygen atoms in total. The third-order valence-electron chi connectivity index (χ3n) is 1.62. The summed E-state index contributed by atoms with van der Waals surface area (Å²) >= 11 is 0. The zero-order chi connectivity index (χ0) is 9.38. The number of hydrogen-bond acceptors (Lipinski definition) is 4. The van der Waals surface area contributed by atoms with Gasteiger partial charge in [0.25, 0.3) is 0 Å². The Balaban J connectivity index is 2.13. The molecule has 0 atom stereocenters. The molecule has 1 aliphatic heterocycles. The van der Waals surface area contributed by atoms with E-state index in [2.05, 4.69) is 10.2 Å². The third-order valence-corrected chi connectivity index (χ3v) is 6.38. The molecule has 2 aromatic rings. The molecular weight excluding hydrogens is 236 g/mol. The van der Waals surface area contributed by atoms with Crippen LogP contribution >= 0.6 is 32.4 Å². The van der Waals surface area contributed by atoms with Gasteiger partial charge in [-0.25, -0.2) is 0 Å². The van der Waals surface area contributed by atoms with Gasteiger partial charge in [-0.1, -0.05) is 0 Å². The van der Waals surface area contributed by atoms with Crippen LogP contribution < -0.4 is 0 Å². The van der Waals surface area contributed by atoms with Gasteiger partial charge in [0.15, 0.2) is 0 Å². The van der Waals surface area contributed by atoms with Crippen LogP contribution in [0.4, 0.5) is 0 Å². The van der Waals surface area contributed by atoms with Gasteiger partial charge in [-0.2, -0.15) is 18.4 Å². The summed E-state index contributed by atoms with van der Waals surface area (Å²) in [6.45, 7) is 0. The first-order valence-electron chi connectivity index (χ1n) is 3.91. The molecule has 3 rings (SSSR count). The zero-order valence-electron chi connectivity index (χ0n) is 6.98. The van der Waals surface area contributed by atoms with Gasteiger partial charge in [0, 0.05) is 12.4 Å². The van der Waals surface area contributed by atoms with Gasteiger partial charge in [-0.3, -0.25) is 0 Å². The van der Waals surface area contributed by atoms with E-state index in [0.29, 0.717) is 0 Å². The van der Waals surface area contributed by atoms with Crippen molar-refractivity contribution in [2.75, 3.05) is 0 Å². The Labute approximate surface area is 91.3 Å². The smallest absolute Gasteiger partial charge is 0.129 e. The standard InChI is InChI=1S/C7H6N4S3/c1-3-8-10(5-1)14(7-12-13-7)11-6-2-4-9-11/h1-6H. The van der Waals surface area contributed by atoms with E-state index in [-0.39, 0.29) is 10.9 Å². The molecule has 14 heavy (non-hydrogen) atoms. The van der Waals surface area contributed by atoms with E-state index >= 15 is 0 Å². The van der Waals surface area contributed by atoms with Crippen LogP contribution in [0.5, 0.6) is 0 Å². The fourth-order valence-corrected chi connectivity index (χ4v) is 5.11. The van der Waals surface area contributed by atoms with Gasteiger partial charge in [0.1, 0.15) is 3.53 Å². The summed E-state index contributed by atoms with van der Waals surface area (Å²) in [5.41, 5.74) is 0. The van der Waals surface area contributed by atoms with Crippen molar-refractivity contribution in [2.45, 2.75) is 0 Å². The second-order valence-electron chi connectivity index (χ2n) is 2.50. The molecule has 0 N–H and O–H groups in total. The molecule has 0 unspecified atom stereocenters. The number of aromatic nitrogens is 4. The fraction of sp³-hybridized carbons (Fsp3) is 0. The lowest BCUT2D eigenvalue weighted by molar-refractivity contribution is 0.941. The molecule has 1 saturated heterocycles. The van der Waals surface area contributed by atoms with E-state index in [4.69, 9.17) is 0 Å². The highest BCUT2D eigenvalue weighted by Crippen LogP contribution is 2.53. The van der Waals surface area contributed by atoms with Crippen molar-refractivity contribution in [1.82, 2.24) is 18.4 Å². The van der Waals surface area contributed by atoms with Crippen molar-refractivity contribution in [3.63, 3.8) is 0 Å². The van der Waals surface area contributed by atoms with Gasteiger partial charge in [0.05, 0.1) is 23.2 Å². The molecule has 0 aromatic carbocycles. The van der Waals surface area contributed by atoms with Crippen LogP contribution in [0.25, 0.3) is 0 Å². The van der Waals surface area contributed by atoms with Crippen LogP contribution in [-0.2, 0) is 0 Å². The summed E-state index contributed by atoms with van der Waals surface area (Å²) in [5, 5.41) is 8.51. The first-order chi connectivity index (χ1) is 6.95. The Morgan fingerprint density at radius 3 is 1.93 bits per heavy atom. The maximum Gasteiger partial charge on any atom is 0.129 e. The zero-order valence-corrected chi connectivity index (χ0v) is 9.43. The summed E-state index contributed by atoms with van der Waals surface area (Å²) in [7, 11) is 3.42. The van der Waals surface area contributed by atoms with Gasteiger partial charge in [-0.05, 0) is 33.7 Å². The summed E-state index contributed by atoms with van der Waals surface area (Å²) in [4.78, 5) is 0. The lowest BCUT2D eigenvalue weighted by Crippen LogP contribution is -2.01. The lowest BCUT2D eigenvalue weighted by Gasteiger charge is -2.06. The van der Waals surface area contributed by atoms with Gasteiger partial charge < -0.3 is 0 Å². The Morgan fingerprint density at radius 1 is 1.00 bits per heavy atom. The predicted octanol–water partition coefficient (Wildman–Crippen LogP) is 2.06. The Bertz CT molecular complexity index is 417. The quantitative estimate of drug-likeness (QED) is 0.459. The molecule has 7 heteroatoms. The molecule has 0 aliphatic carbocycles. The van der Waals surface area contributed by atoms with Gasteiger partial charge in [-0.15, -0.1) is 0 Å². The second kappa shape index (κ2) is 3.48. The summed E-state index contributed by atoms with van der Waals surface area (Å²) in [6.07, 6.45) is 7.53. The van der Waals surface area contributed by atoms with Crippen molar-refractivity contribution >= 4 is 36.0 Å². The Morgan fingerprint density at radius 2 is 1.57 bits per heavy atom. The minimum Gasteiger partial charge on any atom is -0.199 e. The van der Waals surface area contributed by atoms with Crippen LogP contribution in [0.3, 0.4) is 0 Å². The van der Waals surface area contributed by atoms with Gasteiger partial charge in [0.2, 0.25) is 0 Å². The first kappa shape index (κ1) is 8.63. The third kappa shape index (κ3) is 1.51. The number of hydrogen-bond donors (Lipinski definition) is 0. The maximum atomic E-state index is 4.25. The molecule has 0 amide bonds. The van der Waals surface area contributed by atoms with Crippen molar-refractivity contribution in [3.8, 4) is 0 Å². The van der Waals surface area contributed by atoms with Crippen molar-refractivity contribution in [3.05, 3.63) is 36.9 Å². The highest BCUT2D eigenvalue weighted by molar-refractivity contribution is 9.13. The Kier molecular flexibility index (Phi) is 2.15. The molecular formula is C7H6N4S3. The molecule has 3 heterocycles. The molecule has 0 spiro atoms. The summed E-state index contributed by atoms with van der Waals surface area (Å²) in [6, 6.07) is 3.86. The van der Waals surface area contributed by atoms with Crippen LogP contribution in [0, 0.1) is 0 Å². The molecule has 0 bridgehead atoms. The lowest BCUT2D eigenvalue weighted by atomic mass is 10.8. The van der Waals surface area contributed by atoms with E-state index in [1.807, 2.05) is 32.7 Å². The van der Waals surface area contributed by atoms with Crippen LogP contribution in [0.1, 0.15) is 0 Å². The number of rotatable bonds is 2. The maximum absolute atomic E-state index is 4.25. The average Bonchev–Trinajstić information content (AvgIpc) is 2.72. The molecule has 1 fully saturated rings. The minimum absolute atomic E-state index is 0.176. The average molecular weight is 242 g/mol. The van der Waals surface area contributed by atoms with Crippen LogP contribution in [0.15, 0.2) is 36.9 Å². The molecule has 0 saturated carbocycles. The molecule has 0 radical (unpaired) electrons. The normalized spacial score (nSPS) is 15.1. The van der Waals surface area contributed by atoms with E-state index in [1.54, 1.807) is 34.0 Å². The SMILES string of the molecule is c1cnn(S(=C2SS2)n2cccn2)c1. The fourth-order valence-electron chi connectivity index (χ4n) is 1.03. The monoisotopic (exact) mass is 242 g/mol. The minimum atomic E-state index is -0.176. The highest BCUT2D eigenvalue weighted by atomic mass is 33.2. The van der Waals surface area contributed by atoms with E-state index in [0.717, 1.165) is 0 Å². The van der Waals surface area contributed by atoms with Crippen molar-refractivity contribution < 1.29 is 0 Å². The van der Waals surface area contributed by atoms with Gasteiger partial charge >= 0.3 is 0 Å². The number of nitrogens with zero attached hydrogens (tertiary/aromatic N) is 4. The largest absolute Gasteiger partial charge is 0.199 e. The molecule has 2 aromatic heterocycles. The topological polar surface area (TPSA) is 35.6 Å². The summed E-state index contributed by atoms with van der Waals surface area (Å²) in [5.74, 6) is 0. The van der Waals surface area contributed by atoms with E-state index in [1.165, 1.54) is 3.53 Å². The highest BCUT2D eigenvalue weighted by Gasteiger charge is 2.23. The predicted molar refractivity (Wildman–Crippen MR) is 63.0 cm³/mol. The molecule has 1 aliphatic rings. The molecule has 72 valence electrons.